The van der Waals surface area contributed by atoms with Crippen molar-refractivity contribution >= 4 is 41.1 Å². The molecule has 4 amide bonds. The van der Waals surface area contributed by atoms with E-state index < -0.39 is 0 Å². The fourth-order valence-electron chi connectivity index (χ4n) is 10.8. The van der Waals surface area contributed by atoms with Gasteiger partial charge in [-0.05, 0) is 125 Å². The lowest BCUT2D eigenvalue weighted by molar-refractivity contribution is -0.128. The molecule has 4 aliphatic carbocycles. The molecule has 4 N–H and O–H groups in total. The Hall–Kier alpha value is -2.56. The molecule has 0 radical (unpaired) electrons. The molecule has 2 aliphatic heterocycles. The van der Waals surface area contributed by atoms with E-state index >= 15 is 0 Å². The Morgan fingerprint density at radius 2 is 1.73 bits per heavy atom. The van der Waals surface area contributed by atoms with Gasteiger partial charge in [-0.25, -0.2) is 4.79 Å². The minimum atomic E-state index is -0.157. The number of fused-ring (bicyclic) bond motifs is 6. The third kappa shape index (κ3) is 8.01. The van der Waals surface area contributed by atoms with Crippen LogP contribution >= 0.6 is 11.8 Å². The van der Waals surface area contributed by atoms with E-state index in [4.69, 9.17) is 4.84 Å². The van der Waals surface area contributed by atoms with Crippen LogP contribution in [0.1, 0.15) is 117 Å². The van der Waals surface area contributed by atoms with Crippen molar-refractivity contribution in [1.29, 1.82) is 0 Å². The van der Waals surface area contributed by atoms with Crippen molar-refractivity contribution in [2.75, 3.05) is 25.4 Å². The molecule has 10 nitrogen and oxygen atoms in total. The van der Waals surface area contributed by atoms with Gasteiger partial charge in [0, 0.05) is 36.4 Å². The van der Waals surface area contributed by atoms with Crippen LogP contribution in [0.4, 0.5) is 4.79 Å². The molecule has 0 unspecified atom stereocenters. The average Bonchev–Trinajstić information content (AvgIpc) is 3.74. The van der Waals surface area contributed by atoms with Crippen LogP contribution in [0.15, 0.2) is 16.8 Å². The van der Waals surface area contributed by atoms with Gasteiger partial charge in [0.2, 0.25) is 5.91 Å². The van der Waals surface area contributed by atoms with Crippen LogP contribution in [-0.4, -0.2) is 72.1 Å². The second-order valence-corrected chi connectivity index (χ2v) is 17.5. The van der Waals surface area contributed by atoms with Crippen molar-refractivity contribution in [1.82, 2.24) is 21.3 Å². The van der Waals surface area contributed by atoms with Gasteiger partial charge in [0.15, 0.2) is 6.61 Å². The number of carbonyl (C=O) groups excluding carboxylic acids is 4. The highest BCUT2D eigenvalue weighted by molar-refractivity contribution is 8.00. The van der Waals surface area contributed by atoms with Gasteiger partial charge in [0.05, 0.1) is 17.8 Å². The third-order valence-corrected chi connectivity index (χ3v) is 14.9. The zero-order chi connectivity index (χ0) is 34.6. The first-order chi connectivity index (χ1) is 23.6. The Morgan fingerprint density at radius 3 is 2.53 bits per heavy atom. The van der Waals surface area contributed by atoms with E-state index in [1.807, 2.05) is 11.8 Å². The summed E-state index contributed by atoms with van der Waals surface area (Å²) in [4.78, 5) is 54.0. The van der Waals surface area contributed by atoms with Crippen molar-refractivity contribution < 1.29 is 24.0 Å². The highest BCUT2D eigenvalue weighted by Crippen LogP contribution is 2.66. The lowest BCUT2D eigenvalue weighted by Crippen LogP contribution is -2.51. The number of allylic oxidation sites excluding steroid dienone is 2. The molecule has 11 heteroatoms. The van der Waals surface area contributed by atoms with Gasteiger partial charge in [-0.15, -0.1) is 0 Å². The number of Topliss-reactive ketones (excluding diaryl/α,β-unsaturated/α-hetero) is 1. The van der Waals surface area contributed by atoms with Crippen LogP contribution < -0.4 is 21.3 Å². The number of nitrogens with zero attached hydrogens (tertiary/aromatic N) is 1. The number of carbonyl (C=O) groups is 4. The number of unbranched alkanes of at least 4 members (excludes halogenated alkanes) is 3. The van der Waals surface area contributed by atoms with Crippen molar-refractivity contribution in [2.24, 2.45) is 39.7 Å². The molecule has 6 rings (SSSR count). The molecule has 2 saturated heterocycles. The second kappa shape index (κ2) is 15.8. The summed E-state index contributed by atoms with van der Waals surface area (Å²) in [6, 6.07) is 0.424. The van der Waals surface area contributed by atoms with Gasteiger partial charge in [0.1, 0.15) is 5.78 Å². The highest BCUT2D eigenvalue weighted by atomic mass is 32.2. The summed E-state index contributed by atoms with van der Waals surface area (Å²) in [5, 5.41) is 16.7. The predicted molar refractivity (Wildman–Crippen MR) is 193 cm³/mol. The van der Waals surface area contributed by atoms with E-state index in [0.29, 0.717) is 42.4 Å². The lowest BCUT2D eigenvalue weighted by Gasteiger charge is -2.58. The Bertz CT molecular complexity index is 1320. The van der Waals surface area contributed by atoms with E-state index in [1.54, 1.807) is 6.92 Å². The normalized spacial score (nSPS) is 36.8. The SMILES string of the molecule is CC(=O)[C@H]1CC[C@H]2[C@@H]3CCC4=C/C(=N\OCC(=O)NCCCCCNC(=O)CCCC[C@@H]5SC[C@H]6NC(=O)N[C@@H]56)CC[C@]4(C)[C@H]3CC[C@]12C. The van der Waals surface area contributed by atoms with Gasteiger partial charge in [-0.3, -0.25) is 14.4 Å². The number of ketones is 1. The summed E-state index contributed by atoms with van der Waals surface area (Å²) >= 11 is 1.91. The minimum absolute atomic E-state index is 0.0538. The number of rotatable bonds is 15. The first-order valence-electron chi connectivity index (χ1n) is 19.2. The van der Waals surface area contributed by atoms with Gasteiger partial charge in [-0.1, -0.05) is 31.0 Å². The number of nitrogens with one attached hydrogen (secondary N) is 4. The topological polar surface area (TPSA) is 138 Å². The van der Waals surface area contributed by atoms with Gasteiger partial charge in [0.25, 0.3) is 5.91 Å². The third-order valence-electron chi connectivity index (χ3n) is 13.4. The molecule has 0 aromatic rings. The molecule has 9 atom stereocenters. The van der Waals surface area contributed by atoms with Crippen molar-refractivity contribution in [2.45, 2.75) is 134 Å². The monoisotopic (exact) mass is 697 g/mol. The molecule has 0 spiro atoms. The van der Waals surface area contributed by atoms with Crippen LogP contribution in [0.25, 0.3) is 0 Å². The number of hydrogen-bond donors (Lipinski definition) is 4. The maximum Gasteiger partial charge on any atom is 0.315 e. The van der Waals surface area contributed by atoms with Crippen molar-refractivity contribution in [3.63, 3.8) is 0 Å². The smallest absolute Gasteiger partial charge is 0.315 e. The number of hydrogen-bond acceptors (Lipinski definition) is 7. The van der Waals surface area contributed by atoms with Crippen LogP contribution in [0.2, 0.25) is 0 Å². The molecular weight excluding hydrogens is 639 g/mol. The molecular formula is C38H59N5O5S. The Morgan fingerprint density at radius 1 is 0.939 bits per heavy atom. The number of amides is 4. The Kier molecular flexibility index (Phi) is 11.7. The lowest BCUT2D eigenvalue weighted by atomic mass is 9.46. The Balaban J connectivity index is 0.810. The number of urea groups is 1. The van der Waals surface area contributed by atoms with E-state index in [9.17, 15) is 19.2 Å². The average molecular weight is 698 g/mol. The summed E-state index contributed by atoms with van der Waals surface area (Å²) in [5.74, 6) is 3.63. The molecule has 272 valence electrons. The van der Waals surface area contributed by atoms with Crippen molar-refractivity contribution in [3.05, 3.63) is 11.6 Å². The van der Waals surface area contributed by atoms with Crippen LogP contribution in [0, 0.1) is 34.5 Å². The maximum absolute atomic E-state index is 12.4. The van der Waals surface area contributed by atoms with Gasteiger partial charge >= 0.3 is 6.03 Å². The van der Waals surface area contributed by atoms with Gasteiger partial charge < -0.3 is 26.1 Å². The molecule has 0 bridgehead atoms. The van der Waals surface area contributed by atoms with E-state index in [2.05, 4.69) is 46.3 Å². The molecule has 6 aliphatic rings. The first-order valence-corrected chi connectivity index (χ1v) is 20.3. The summed E-state index contributed by atoms with van der Waals surface area (Å²) in [5.41, 5.74) is 2.84. The Labute approximate surface area is 296 Å². The zero-order valence-electron chi connectivity index (χ0n) is 30.0. The number of thioether (sulfide) groups is 1. The summed E-state index contributed by atoms with van der Waals surface area (Å²) in [6.45, 7) is 7.85. The van der Waals surface area contributed by atoms with Crippen LogP contribution in [0.3, 0.4) is 0 Å². The van der Waals surface area contributed by atoms with E-state index in [0.717, 1.165) is 81.6 Å². The molecule has 2 heterocycles. The second-order valence-electron chi connectivity index (χ2n) is 16.3. The molecule has 0 aromatic heterocycles. The molecule has 0 aromatic carbocycles. The standard InChI is InChI=1S/C38H59N5O5S/c1-24(44)28-13-14-29-27-12-11-25-21-26(15-17-37(25,2)30(27)16-18-38(28,29)3)43-48-22-34(46)40-20-8-4-7-19-39-33(45)10-6-5-9-32-35-31(23-49-32)41-36(47)42-35/h21,27-32,35H,4-20,22-23H2,1-3H3,(H,39,45)(H,40,46)(H2,41,42,47)/b43-26-/t27-,28+,29-,30-,31+,32-,35+,37-,38+/m0/s1. The molecule has 3 saturated carbocycles. The maximum atomic E-state index is 12.4. The number of oxime groups is 1. The minimum Gasteiger partial charge on any atom is -0.385 e. The predicted octanol–water partition coefficient (Wildman–Crippen LogP) is 5.66. The molecule has 5 fully saturated rings. The summed E-state index contributed by atoms with van der Waals surface area (Å²) in [6.07, 6.45) is 17.3. The fraction of sp³-hybridized carbons (Fsp3) is 0.816. The fourth-order valence-corrected chi connectivity index (χ4v) is 12.3. The van der Waals surface area contributed by atoms with Crippen LogP contribution in [-0.2, 0) is 19.2 Å². The largest absolute Gasteiger partial charge is 0.385 e. The van der Waals surface area contributed by atoms with E-state index in [1.165, 1.54) is 31.3 Å². The zero-order valence-corrected chi connectivity index (χ0v) is 30.8. The van der Waals surface area contributed by atoms with Gasteiger partial charge in [-0.2, -0.15) is 11.8 Å². The molecule has 49 heavy (non-hydrogen) atoms. The first kappa shape index (κ1) is 36.2. The summed E-state index contributed by atoms with van der Waals surface area (Å²) < 4.78 is 0. The van der Waals surface area contributed by atoms with Crippen LogP contribution in [0.5, 0.6) is 0 Å². The quantitative estimate of drug-likeness (QED) is 0.0991. The summed E-state index contributed by atoms with van der Waals surface area (Å²) in [7, 11) is 0. The van der Waals surface area contributed by atoms with Crippen molar-refractivity contribution in [3.8, 4) is 0 Å². The van der Waals surface area contributed by atoms with E-state index in [-0.39, 0.29) is 53.3 Å². The highest BCUT2D eigenvalue weighted by Gasteiger charge is 2.59.